The van der Waals surface area contributed by atoms with Crippen LogP contribution in [0.3, 0.4) is 0 Å². The first kappa shape index (κ1) is 14.4. The lowest BCUT2D eigenvalue weighted by Crippen LogP contribution is -2.30. The van der Waals surface area contributed by atoms with Gasteiger partial charge in [0.15, 0.2) is 0 Å². The molecule has 1 saturated heterocycles. The molecule has 0 bridgehead atoms. The molecule has 5 nitrogen and oxygen atoms in total. The fourth-order valence-electron chi connectivity index (χ4n) is 2.09. The summed E-state index contributed by atoms with van der Waals surface area (Å²) in [5.41, 5.74) is 0.363. The molecule has 1 N–H and O–H groups in total. The number of nitrogens with zero attached hydrogens (tertiary/aromatic N) is 1. The van der Waals surface area contributed by atoms with E-state index in [2.05, 4.69) is 0 Å². The molecule has 0 saturated carbocycles. The standard InChI is InChI=1S/C12H16FNO4S/c1-18-10-4-5-14(7-10)19(16,17)12-6-9(8-15)2-3-11(12)13/h2-3,6,10,15H,4-5,7-8H2,1H3. The molecular formula is C12H16FNO4S. The van der Waals surface area contributed by atoms with Gasteiger partial charge in [0.25, 0.3) is 0 Å². The average molecular weight is 289 g/mol. The normalized spacial score (nSPS) is 20.9. The molecule has 0 amide bonds. The van der Waals surface area contributed by atoms with Crippen LogP contribution in [0.25, 0.3) is 0 Å². The Balaban J connectivity index is 2.34. The second kappa shape index (κ2) is 5.54. The molecule has 1 aliphatic heterocycles. The van der Waals surface area contributed by atoms with Gasteiger partial charge in [-0.15, -0.1) is 0 Å². The number of benzene rings is 1. The molecule has 1 heterocycles. The first-order chi connectivity index (χ1) is 8.98. The Bertz CT molecular complexity index is 561. The summed E-state index contributed by atoms with van der Waals surface area (Å²) >= 11 is 0. The van der Waals surface area contributed by atoms with Gasteiger partial charge in [-0.25, -0.2) is 12.8 Å². The van der Waals surface area contributed by atoms with E-state index in [1.807, 2.05) is 0 Å². The van der Waals surface area contributed by atoms with E-state index < -0.39 is 20.7 Å². The van der Waals surface area contributed by atoms with Crippen molar-refractivity contribution in [1.82, 2.24) is 4.31 Å². The number of aliphatic hydroxyl groups is 1. The van der Waals surface area contributed by atoms with Crippen LogP contribution in [0.15, 0.2) is 23.1 Å². The molecule has 1 atom stereocenters. The lowest BCUT2D eigenvalue weighted by atomic mass is 10.2. The van der Waals surface area contributed by atoms with Crippen LogP contribution < -0.4 is 0 Å². The van der Waals surface area contributed by atoms with Crippen molar-refractivity contribution in [3.63, 3.8) is 0 Å². The Morgan fingerprint density at radius 2 is 2.26 bits per heavy atom. The third-order valence-electron chi connectivity index (χ3n) is 3.24. The Labute approximate surface area is 111 Å². The van der Waals surface area contributed by atoms with Crippen molar-refractivity contribution in [2.24, 2.45) is 0 Å². The van der Waals surface area contributed by atoms with Gasteiger partial charge in [-0.3, -0.25) is 0 Å². The zero-order chi connectivity index (χ0) is 14.0. The van der Waals surface area contributed by atoms with Crippen LogP contribution in [0, 0.1) is 5.82 Å². The van der Waals surface area contributed by atoms with Gasteiger partial charge < -0.3 is 9.84 Å². The fourth-order valence-corrected chi connectivity index (χ4v) is 3.69. The second-order valence-corrected chi connectivity index (χ2v) is 6.34. The van der Waals surface area contributed by atoms with Crippen molar-refractivity contribution < 1.29 is 22.7 Å². The van der Waals surface area contributed by atoms with Crippen LogP contribution in [-0.2, 0) is 21.4 Å². The fraction of sp³-hybridized carbons (Fsp3) is 0.500. The molecular weight excluding hydrogens is 273 g/mol. The van der Waals surface area contributed by atoms with Crippen molar-refractivity contribution in [3.05, 3.63) is 29.6 Å². The molecule has 0 radical (unpaired) electrons. The third kappa shape index (κ3) is 2.79. The summed E-state index contributed by atoms with van der Waals surface area (Å²) in [4.78, 5) is -0.393. The van der Waals surface area contributed by atoms with Gasteiger partial charge in [0.05, 0.1) is 12.7 Å². The zero-order valence-electron chi connectivity index (χ0n) is 10.5. The molecule has 19 heavy (non-hydrogen) atoms. The summed E-state index contributed by atoms with van der Waals surface area (Å²) in [7, 11) is -2.36. The number of ether oxygens (including phenoxy) is 1. The van der Waals surface area contributed by atoms with Crippen LogP contribution >= 0.6 is 0 Å². The van der Waals surface area contributed by atoms with E-state index in [0.717, 1.165) is 6.07 Å². The summed E-state index contributed by atoms with van der Waals surface area (Å²) < 4.78 is 44.7. The van der Waals surface area contributed by atoms with E-state index in [0.29, 0.717) is 18.5 Å². The SMILES string of the molecule is COC1CCN(S(=O)(=O)c2cc(CO)ccc2F)C1. The van der Waals surface area contributed by atoms with Gasteiger partial charge in [0.1, 0.15) is 10.7 Å². The molecule has 106 valence electrons. The minimum absolute atomic E-state index is 0.154. The maximum absolute atomic E-state index is 13.7. The molecule has 0 aliphatic carbocycles. The number of aliphatic hydroxyl groups excluding tert-OH is 1. The zero-order valence-corrected chi connectivity index (χ0v) is 11.4. The predicted octanol–water partition coefficient (Wildman–Crippen LogP) is 0.727. The van der Waals surface area contributed by atoms with Crippen LogP contribution in [0.4, 0.5) is 4.39 Å². The van der Waals surface area contributed by atoms with E-state index >= 15 is 0 Å². The largest absolute Gasteiger partial charge is 0.392 e. The minimum atomic E-state index is -3.88. The Morgan fingerprint density at radius 3 is 2.84 bits per heavy atom. The minimum Gasteiger partial charge on any atom is -0.392 e. The highest BCUT2D eigenvalue weighted by Crippen LogP contribution is 2.25. The van der Waals surface area contributed by atoms with Crippen LogP contribution in [0.1, 0.15) is 12.0 Å². The number of hydrogen-bond donors (Lipinski definition) is 1. The van der Waals surface area contributed by atoms with Gasteiger partial charge >= 0.3 is 0 Å². The van der Waals surface area contributed by atoms with Crippen molar-refractivity contribution in [3.8, 4) is 0 Å². The molecule has 7 heteroatoms. The van der Waals surface area contributed by atoms with Gasteiger partial charge in [-0.2, -0.15) is 4.31 Å². The maximum Gasteiger partial charge on any atom is 0.246 e. The highest BCUT2D eigenvalue weighted by atomic mass is 32.2. The summed E-state index contributed by atoms with van der Waals surface area (Å²) in [6.45, 7) is 0.203. The molecule has 2 rings (SSSR count). The quantitative estimate of drug-likeness (QED) is 0.887. The average Bonchev–Trinajstić information content (AvgIpc) is 2.88. The molecule has 1 aliphatic rings. The number of sulfonamides is 1. The highest BCUT2D eigenvalue weighted by molar-refractivity contribution is 7.89. The second-order valence-electron chi connectivity index (χ2n) is 4.43. The van der Waals surface area contributed by atoms with Crippen molar-refractivity contribution in [2.45, 2.75) is 24.0 Å². The van der Waals surface area contributed by atoms with Crippen molar-refractivity contribution in [1.29, 1.82) is 0 Å². The molecule has 1 fully saturated rings. The topological polar surface area (TPSA) is 66.8 Å². The van der Waals surface area contributed by atoms with E-state index in [1.165, 1.54) is 23.5 Å². The van der Waals surface area contributed by atoms with E-state index in [9.17, 15) is 12.8 Å². The monoisotopic (exact) mass is 289 g/mol. The smallest absolute Gasteiger partial charge is 0.246 e. The highest BCUT2D eigenvalue weighted by Gasteiger charge is 2.34. The molecule has 1 unspecified atom stereocenters. The summed E-state index contributed by atoms with van der Waals surface area (Å²) in [6, 6.07) is 3.59. The van der Waals surface area contributed by atoms with E-state index in [-0.39, 0.29) is 19.3 Å². The van der Waals surface area contributed by atoms with Gasteiger partial charge in [-0.1, -0.05) is 6.07 Å². The number of methoxy groups -OCH3 is 1. The lowest BCUT2D eigenvalue weighted by Gasteiger charge is -2.17. The summed E-state index contributed by atoms with van der Waals surface area (Å²) in [6.07, 6.45) is 0.440. The van der Waals surface area contributed by atoms with Gasteiger partial charge in [-0.05, 0) is 24.1 Å². The molecule has 0 aromatic heterocycles. The van der Waals surface area contributed by atoms with Crippen LogP contribution in [0.5, 0.6) is 0 Å². The van der Waals surface area contributed by atoms with E-state index in [4.69, 9.17) is 9.84 Å². The van der Waals surface area contributed by atoms with Crippen LogP contribution in [0.2, 0.25) is 0 Å². The molecule has 0 spiro atoms. The summed E-state index contributed by atoms with van der Waals surface area (Å²) in [5, 5.41) is 9.01. The van der Waals surface area contributed by atoms with Crippen LogP contribution in [-0.4, -0.2) is 44.1 Å². The maximum atomic E-state index is 13.7. The van der Waals surface area contributed by atoms with Crippen molar-refractivity contribution >= 4 is 10.0 Å². The molecule has 1 aromatic carbocycles. The Kier molecular flexibility index (Phi) is 4.19. The summed E-state index contributed by atoms with van der Waals surface area (Å²) in [5.74, 6) is -0.807. The number of rotatable bonds is 4. The van der Waals surface area contributed by atoms with Gasteiger partial charge in [0, 0.05) is 20.2 Å². The van der Waals surface area contributed by atoms with Gasteiger partial charge in [0.2, 0.25) is 10.0 Å². The lowest BCUT2D eigenvalue weighted by molar-refractivity contribution is 0.115. The predicted molar refractivity (Wildman–Crippen MR) is 66.5 cm³/mol. The number of halogens is 1. The first-order valence-corrected chi connectivity index (χ1v) is 7.35. The van der Waals surface area contributed by atoms with E-state index in [1.54, 1.807) is 0 Å². The third-order valence-corrected chi connectivity index (χ3v) is 5.12. The Hall–Kier alpha value is -1.02. The molecule has 1 aromatic rings. The Morgan fingerprint density at radius 1 is 1.53 bits per heavy atom. The number of hydrogen-bond acceptors (Lipinski definition) is 4. The first-order valence-electron chi connectivity index (χ1n) is 5.91. The van der Waals surface area contributed by atoms with Crippen molar-refractivity contribution in [2.75, 3.05) is 20.2 Å².